The Labute approximate surface area is 182 Å². The summed E-state index contributed by atoms with van der Waals surface area (Å²) in [5.41, 5.74) is 1.79. The van der Waals surface area contributed by atoms with Crippen molar-refractivity contribution >= 4 is 11.6 Å². The highest BCUT2D eigenvalue weighted by molar-refractivity contribution is 5.94. The van der Waals surface area contributed by atoms with Gasteiger partial charge in [-0.05, 0) is 55.8 Å². The monoisotopic (exact) mass is 417 g/mol. The Morgan fingerprint density at radius 3 is 2.61 bits per heavy atom. The van der Waals surface area contributed by atoms with Gasteiger partial charge in [-0.25, -0.2) is 9.97 Å². The van der Waals surface area contributed by atoms with Crippen LogP contribution < -0.4 is 10.1 Å². The molecule has 3 aromatic rings. The summed E-state index contributed by atoms with van der Waals surface area (Å²) in [6.45, 7) is 3.61. The van der Waals surface area contributed by atoms with Crippen molar-refractivity contribution in [1.82, 2.24) is 19.9 Å². The molecule has 2 aromatic heterocycles. The summed E-state index contributed by atoms with van der Waals surface area (Å²) in [4.78, 5) is 28.1. The number of carbonyl (C=O) groups is 1. The first kappa shape index (κ1) is 20.9. The van der Waals surface area contributed by atoms with Gasteiger partial charge in [0.1, 0.15) is 17.3 Å². The maximum absolute atomic E-state index is 13.0. The van der Waals surface area contributed by atoms with E-state index in [2.05, 4.69) is 25.2 Å². The van der Waals surface area contributed by atoms with Gasteiger partial charge in [-0.1, -0.05) is 13.3 Å². The van der Waals surface area contributed by atoms with Crippen molar-refractivity contribution in [2.24, 2.45) is 0 Å². The molecule has 1 aliphatic rings. The summed E-state index contributed by atoms with van der Waals surface area (Å²) in [5, 5.41) is 3.06. The second-order valence-electron chi connectivity index (χ2n) is 7.65. The van der Waals surface area contributed by atoms with Crippen LogP contribution in [0.25, 0.3) is 0 Å². The molecule has 0 saturated carbocycles. The number of likely N-dealkylation sites (tertiary alicyclic amines) is 1. The number of aromatic nitrogens is 3. The zero-order valence-electron chi connectivity index (χ0n) is 17.7. The topological polar surface area (TPSA) is 80.2 Å². The number of nitrogens with one attached hydrogen (secondary N) is 1. The van der Waals surface area contributed by atoms with Crippen LogP contribution in [0, 0.1) is 0 Å². The third-order valence-electron chi connectivity index (χ3n) is 5.37. The van der Waals surface area contributed by atoms with E-state index in [1.807, 2.05) is 55.7 Å². The van der Waals surface area contributed by atoms with Gasteiger partial charge in [0, 0.05) is 42.8 Å². The van der Waals surface area contributed by atoms with E-state index in [0.29, 0.717) is 18.0 Å². The Balaban J connectivity index is 1.37. The van der Waals surface area contributed by atoms with E-state index in [1.54, 1.807) is 12.4 Å². The summed E-state index contributed by atoms with van der Waals surface area (Å²) in [6, 6.07) is 10.9. The van der Waals surface area contributed by atoms with Crippen LogP contribution in [0.5, 0.6) is 11.5 Å². The first-order valence-electron chi connectivity index (χ1n) is 10.7. The molecule has 3 heterocycles. The lowest BCUT2D eigenvalue weighted by Crippen LogP contribution is -2.46. The van der Waals surface area contributed by atoms with Crippen LogP contribution in [0.2, 0.25) is 0 Å². The lowest BCUT2D eigenvalue weighted by atomic mass is 10.0. The predicted molar refractivity (Wildman–Crippen MR) is 119 cm³/mol. The number of piperidine rings is 1. The molecule has 1 aromatic carbocycles. The van der Waals surface area contributed by atoms with Crippen molar-refractivity contribution < 1.29 is 9.53 Å². The van der Waals surface area contributed by atoms with E-state index in [-0.39, 0.29) is 11.9 Å². The average molecular weight is 418 g/mol. The van der Waals surface area contributed by atoms with Crippen LogP contribution in [0.15, 0.2) is 61.2 Å². The highest BCUT2D eigenvalue weighted by Crippen LogP contribution is 2.24. The zero-order valence-corrected chi connectivity index (χ0v) is 17.7. The largest absolute Gasteiger partial charge is 0.456 e. The van der Waals surface area contributed by atoms with E-state index in [0.717, 1.165) is 49.3 Å². The molecule has 1 aliphatic heterocycles. The SMILES string of the molecule is CCc1ncc(CN2CCCC[C@@H]2C(=O)Nc2ccc(Oc3cccnc3)cc2)cn1. The van der Waals surface area contributed by atoms with Gasteiger partial charge in [-0.3, -0.25) is 14.7 Å². The van der Waals surface area contributed by atoms with Crippen LogP contribution in [0.3, 0.4) is 0 Å². The van der Waals surface area contributed by atoms with E-state index < -0.39 is 0 Å². The van der Waals surface area contributed by atoms with Crippen LogP contribution in [0.4, 0.5) is 5.69 Å². The van der Waals surface area contributed by atoms with Crippen molar-refractivity contribution in [3.8, 4) is 11.5 Å². The Kier molecular flexibility index (Phi) is 6.84. The number of aryl methyl sites for hydroxylation is 1. The second kappa shape index (κ2) is 10.1. The van der Waals surface area contributed by atoms with Gasteiger partial charge in [0.25, 0.3) is 0 Å². The third kappa shape index (κ3) is 5.64. The number of hydrogen-bond donors (Lipinski definition) is 1. The zero-order chi connectivity index (χ0) is 21.5. The Morgan fingerprint density at radius 1 is 1.10 bits per heavy atom. The molecule has 7 nitrogen and oxygen atoms in total. The van der Waals surface area contributed by atoms with Gasteiger partial charge in [0.05, 0.1) is 12.2 Å². The maximum Gasteiger partial charge on any atom is 0.241 e. The average Bonchev–Trinajstić information content (AvgIpc) is 2.82. The lowest BCUT2D eigenvalue weighted by Gasteiger charge is -2.34. The number of carbonyl (C=O) groups excluding carboxylic acids is 1. The highest BCUT2D eigenvalue weighted by Gasteiger charge is 2.28. The standard InChI is InChI=1S/C24H27N5O2/c1-2-23-26-14-18(15-27-23)17-29-13-4-3-7-22(29)24(30)28-19-8-10-20(11-9-19)31-21-6-5-12-25-16-21/h5-6,8-12,14-16,22H,2-4,7,13,17H2,1H3,(H,28,30)/t22-/m1/s1. The minimum absolute atomic E-state index is 0.0201. The van der Waals surface area contributed by atoms with Gasteiger partial charge in [0.15, 0.2) is 0 Å². The quantitative estimate of drug-likeness (QED) is 0.620. The van der Waals surface area contributed by atoms with E-state index >= 15 is 0 Å². The molecule has 160 valence electrons. The predicted octanol–water partition coefficient (Wildman–Crippen LogP) is 4.22. The van der Waals surface area contributed by atoms with Gasteiger partial charge < -0.3 is 10.1 Å². The summed E-state index contributed by atoms with van der Waals surface area (Å²) in [7, 11) is 0. The molecular formula is C24H27N5O2. The van der Waals surface area contributed by atoms with Crippen molar-refractivity contribution in [3.05, 3.63) is 72.6 Å². The molecular weight excluding hydrogens is 390 g/mol. The fraction of sp³-hybridized carbons (Fsp3) is 0.333. The fourth-order valence-corrected chi connectivity index (χ4v) is 3.73. The van der Waals surface area contributed by atoms with E-state index in [1.165, 1.54) is 0 Å². The van der Waals surface area contributed by atoms with Crippen molar-refractivity contribution in [1.29, 1.82) is 0 Å². The first-order chi connectivity index (χ1) is 15.2. The Bertz CT molecular complexity index is 977. The van der Waals surface area contributed by atoms with E-state index in [9.17, 15) is 4.79 Å². The minimum Gasteiger partial charge on any atom is -0.456 e. The molecule has 1 saturated heterocycles. The molecule has 1 amide bonds. The lowest BCUT2D eigenvalue weighted by molar-refractivity contribution is -0.122. The third-order valence-corrected chi connectivity index (χ3v) is 5.37. The number of rotatable bonds is 7. The number of pyridine rings is 1. The van der Waals surface area contributed by atoms with Crippen molar-refractivity contribution in [3.63, 3.8) is 0 Å². The molecule has 1 atom stereocenters. The molecule has 7 heteroatoms. The van der Waals surface area contributed by atoms with Gasteiger partial charge >= 0.3 is 0 Å². The van der Waals surface area contributed by atoms with Crippen molar-refractivity contribution in [2.75, 3.05) is 11.9 Å². The molecule has 0 unspecified atom stereocenters. The summed E-state index contributed by atoms with van der Waals surface area (Å²) < 4.78 is 5.76. The number of anilines is 1. The number of amides is 1. The van der Waals surface area contributed by atoms with Gasteiger partial charge in [-0.15, -0.1) is 0 Å². The smallest absolute Gasteiger partial charge is 0.241 e. The van der Waals surface area contributed by atoms with Crippen LogP contribution >= 0.6 is 0 Å². The van der Waals surface area contributed by atoms with Crippen LogP contribution in [0.1, 0.15) is 37.6 Å². The van der Waals surface area contributed by atoms with Crippen LogP contribution in [-0.4, -0.2) is 38.3 Å². The van der Waals surface area contributed by atoms with Crippen molar-refractivity contribution in [2.45, 2.75) is 45.2 Å². The molecule has 0 radical (unpaired) electrons. The fourth-order valence-electron chi connectivity index (χ4n) is 3.73. The normalized spacial score (nSPS) is 16.6. The molecule has 0 spiro atoms. The molecule has 1 N–H and O–H groups in total. The first-order valence-corrected chi connectivity index (χ1v) is 10.7. The maximum atomic E-state index is 13.0. The molecule has 31 heavy (non-hydrogen) atoms. The number of hydrogen-bond acceptors (Lipinski definition) is 6. The summed E-state index contributed by atoms with van der Waals surface area (Å²) in [6.07, 6.45) is 10.9. The minimum atomic E-state index is -0.161. The molecule has 1 fully saturated rings. The number of nitrogens with zero attached hydrogens (tertiary/aromatic N) is 4. The van der Waals surface area contributed by atoms with Crippen LogP contribution in [-0.2, 0) is 17.8 Å². The Hall–Kier alpha value is -3.32. The Morgan fingerprint density at radius 2 is 1.90 bits per heavy atom. The molecule has 4 rings (SSSR count). The highest BCUT2D eigenvalue weighted by atomic mass is 16.5. The van der Waals surface area contributed by atoms with Gasteiger partial charge in [-0.2, -0.15) is 0 Å². The number of benzene rings is 1. The number of ether oxygens (including phenoxy) is 1. The van der Waals surface area contributed by atoms with E-state index in [4.69, 9.17) is 4.74 Å². The molecule has 0 aliphatic carbocycles. The second-order valence-corrected chi connectivity index (χ2v) is 7.65. The summed E-state index contributed by atoms with van der Waals surface area (Å²) >= 11 is 0. The van der Waals surface area contributed by atoms with Gasteiger partial charge in [0.2, 0.25) is 5.91 Å². The summed E-state index contributed by atoms with van der Waals surface area (Å²) in [5.74, 6) is 2.23. The molecule has 0 bridgehead atoms.